The van der Waals surface area contributed by atoms with Crippen LogP contribution in [0.15, 0.2) is 67.4 Å². The van der Waals surface area contributed by atoms with E-state index in [-0.39, 0.29) is 12.2 Å². The van der Waals surface area contributed by atoms with Crippen LogP contribution in [0.3, 0.4) is 0 Å². The quantitative estimate of drug-likeness (QED) is 0.259. The summed E-state index contributed by atoms with van der Waals surface area (Å²) in [6.07, 6.45) is 8.18. The lowest BCUT2D eigenvalue weighted by Gasteiger charge is -2.26. The molecule has 0 unspecified atom stereocenters. The number of benzene rings is 2. The monoisotopic (exact) mass is 490 g/mol. The molecule has 0 aliphatic carbocycles. The minimum atomic E-state index is -0.0353. The molecule has 1 aliphatic heterocycles. The van der Waals surface area contributed by atoms with E-state index in [0.717, 1.165) is 35.5 Å². The molecule has 1 fully saturated rings. The van der Waals surface area contributed by atoms with Gasteiger partial charge in [-0.15, -0.1) is 0 Å². The van der Waals surface area contributed by atoms with Crippen LogP contribution in [-0.4, -0.2) is 46.9 Å². The third-order valence-corrected chi connectivity index (χ3v) is 6.25. The molecule has 0 amide bonds. The Morgan fingerprint density at radius 3 is 2.80 bits per heavy atom. The number of halogens is 1. The molecule has 0 bridgehead atoms. The van der Waals surface area contributed by atoms with Crippen LogP contribution in [0.4, 0.5) is 11.6 Å². The zero-order valence-electron chi connectivity index (χ0n) is 19.9. The van der Waals surface area contributed by atoms with Gasteiger partial charge in [-0.25, -0.2) is 9.97 Å². The molecule has 0 spiro atoms. The number of carbonyl (C=O) groups excluding carboxylic acids is 1. The van der Waals surface area contributed by atoms with Crippen molar-refractivity contribution in [3.05, 3.63) is 78.0 Å². The van der Waals surface area contributed by atoms with Crippen LogP contribution >= 0.6 is 11.6 Å². The van der Waals surface area contributed by atoms with E-state index in [0.29, 0.717) is 23.3 Å². The lowest BCUT2D eigenvalue weighted by molar-refractivity contribution is -0.114. The Kier molecular flexibility index (Phi) is 8.87. The Morgan fingerprint density at radius 2 is 1.97 bits per heavy atom. The van der Waals surface area contributed by atoms with Gasteiger partial charge in [0, 0.05) is 30.3 Å². The summed E-state index contributed by atoms with van der Waals surface area (Å²) in [5.41, 5.74) is 3.13. The average molecular weight is 491 g/mol. The van der Waals surface area contributed by atoms with Gasteiger partial charge in [-0.05, 0) is 62.2 Å². The number of carbonyl (C=O) groups is 1. The van der Waals surface area contributed by atoms with Crippen LogP contribution in [-0.2, 0) is 11.2 Å². The first-order valence-corrected chi connectivity index (χ1v) is 12.5. The van der Waals surface area contributed by atoms with Gasteiger partial charge in [0.1, 0.15) is 5.75 Å². The summed E-state index contributed by atoms with van der Waals surface area (Å²) in [6.45, 7) is 7.73. The van der Waals surface area contributed by atoms with Crippen molar-refractivity contribution < 1.29 is 9.53 Å². The minimum Gasteiger partial charge on any atom is -0.493 e. The van der Waals surface area contributed by atoms with E-state index in [1.54, 1.807) is 6.20 Å². The standard InChI is InChI=1S/C28H31ClN4O2/c1-2-24(34)18-21-9-6-10-22(17-21)27-26(29)20-30-28(32-27)31-23-11-7-12-25(19-23)35-16-8-15-33-13-4-3-5-14-33/h2,6-7,9-12,17,19-20H,1,3-5,8,13-16,18H2,(H,30,31,32). The highest BCUT2D eigenvalue weighted by atomic mass is 35.5. The number of anilines is 2. The summed E-state index contributed by atoms with van der Waals surface area (Å²) in [6, 6.07) is 15.4. The predicted molar refractivity (Wildman–Crippen MR) is 142 cm³/mol. The van der Waals surface area contributed by atoms with Gasteiger partial charge >= 0.3 is 0 Å². The molecule has 182 valence electrons. The summed E-state index contributed by atoms with van der Waals surface area (Å²) in [5.74, 6) is 1.20. The zero-order valence-corrected chi connectivity index (χ0v) is 20.6. The Bertz CT molecular complexity index is 1160. The van der Waals surface area contributed by atoms with E-state index >= 15 is 0 Å². The first kappa shape index (κ1) is 24.9. The summed E-state index contributed by atoms with van der Waals surface area (Å²) >= 11 is 6.41. The van der Waals surface area contributed by atoms with Crippen LogP contribution in [0.1, 0.15) is 31.2 Å². The number of aromatic nitrogens is 2. The molecular formula is C28H31ClN4O2. The fourth-order valence-electron chi connectivity index (χ4n) is 4.19. The van der Waals surface area contributed by atoms with Crippen molar-refractivity contribution in [3.8, 4) is 17.0 Å². The van der Waals surface area contributed by atoms with Crippen molar-refractivity contribution >= 4 is 29.0 Å². The van der Waals surface area contributed by atoms with E-state index in [2.05, 4.69) is 26.8 Å². The molecule has 1 N–H and O–H groups in total. The molecule has 0 atom stereocenters. The maximum absolute atomic E-state index is 11.7. The maximum Gasteiger partial charge on any atom is 0.227 e. The van der Waals surface area contributed by atoms with Crippen molar-refractivity contribution in [1.82, 2.24) is 14.9 Å². The van der Waals surface area contributed by atoms with Gasteiger partial charge < -0.3 is 15.0 Å². The van der Waals surface area contributed by atoms with E-state index in [1.165, 1.54) is 38.4 Å². The molecule has 1 aliphatic rings. The predicted octanol–water partition coefficient (Wildman–Crippen LogP) is 6.09. The Balaban J connectivity index is 1.39. The Hall–Kier alpha value is -3.22. The second-order valence-corrected chi connectivity index (χ2v) is 9.10. The minimum absolute atomic E-state index is 0.0353. The van der Waals surface area contributed by atoms with Crippen LogP contribution < -0.4 is 10.1 Å². The molecular weight excluding hydrogens is 460 g/mol. The van der Waals surface area contributed by atoms with Gasteiger partial charge in [0.15, 0.2) is 5.78 Å². The fourth-order valence-corrected chi connectivity index (χ4v) is 4.39. The number of likely N-dealkylation sites (tertiary alicyclic amines) is 1. The second-order valence-electron chi connectivity index (χ2n) is 8.69. The van der Waals surface area contributed by atoms with Crippen molar-refractivity contribution in [2.24, 2.45) is 0 Å². The van der Waals surface area contributed by atoms with Gasteiger partial charge in [-0.2, -0.15) is 0 Å². The topological polar surface area (TPSA) is 67.3 Å². The van der Waals surface area contributed by atoms with E-state index in [9.17, 15) is 4.79 Å². The van der Waals surface area contributed by atoms with Gasteiger partial charge in [0.05, 0.1) is 23.5 Å². The number of allylic oxidation sites excluding steroid dienone is 1. The van der Waals surface area contributed by atoms with E-state index in [4.69, 9.17) is 16.3 Å². The Labute approximate surface area is 212 Å². The van der Waals surface area contributed by atoms with Crippen LogP contribution in [0.5, 0.6) is 5.75 Å². The maximum atomic E-state index is 11.7. The molecule has 1 saturated heterocycles. The lowest BCUT2D eigenvalue weighted by Crippen LogP contribution is -2.31. The van der Waals surface area contributed by atoms with Crippen molar-refractivity contribution in [2.45, 2.75) is 32.1 Å². The highest BCUT2D eigenvalue weighted by Gasteiger charge is 2.11. The molecule has 7 heteroatoms. The number of ketones is 1. The number of piperidine rings is 1. The van der Waals surface area contributed by atoms with E-state index in [1.807, 2.05) is 48.5 Å². The number of rotatable bonds is 11. The van der Waals surface area contributed by atoms with Gasteiger partial charge in [-0.1, -0.05) is 48.9 Å². The highest BCUT2D eigenvalue weighted by Crippen LogP contribution is 2.28. The van der Waals surface area contributed by atoms with E-state index < -0.39 is 0 Å². The third kappa shape index (κ3) is 7.38. The molecule has 0 saturated carbocycles. The normalized spacial score (nSPS) is 13.9. The molecule has 1 aromatic heterocycles. The van der Waals surface area contributed by atoms with Gasteiger partial charge in [0.25, 0.3) is 0 Å². The molecule has 2 aromatic carbocycles. The van der Waals surface area contributed by atoms with Crippen molar-refractivity contribution in [3.63, 3.8) is 0 Å². The molecule has 35 heavy (non-hydrogen) atoms. The zero-order chi connectivity index (χ0) is 24.5. The molecule has 2 heterocycles. The smallest absolute Gasteiger partial charge is 0.227 e. The van der Waals surface area contributed by atoms with Crippen LogP contribution in [0, 0.1) is 0 Å². The van der Waals surface area contributed by atoms with Gasteiger partial charge in [0.2, 0.25) is 5.95 Å². The van der Waals surface area contributed by atoms with Crippen LogP contribution in [0.25, 0.3) is 11.3 Å². The summed E-state index contributed by atoms with van der Waals surface area (Å²) in [4.78, 5) is 23.2. The third-order valence-electron chi connectivity index (χ3n) is 5.98. The molecule has 4 rings (SSSR count). The van der Waals surface area contributed by atoms with Crippen molar-refractivity contribution in [2.75, 3.05) is 31.6 Å². The largest absolute Gasteiger partial charge is 0.493 e. The SMILES string of the molecule is C=CC(=O)Cc1cccc(-c2nc(Nc3cccc(OCCCN4CCCCC4)c3)ncc2Cl)c1. The molecule has 3 aromatic rings. The van der Waals surface area contributed by atoms with Crippen LogP contribution in [0.2, 0.25) is 5.02 Å². The van der Waals surface area contributed by atoms with Gasteiger partial charge in [-0.3, -0.25) is 4.79 Å². The number of hydrogen-bond acceptors (Lipinski definition) is 6. The average Bonchev–Trinajstić information content (AvgIpc) is 2.89. The summed E-state index contributed by atoms with van der Waals surface area (Å²) in [5, 5.41) is 3.68. The number of hydrogen-bond donors (Lipinski definition) is 1. The first-order valence-electron chi connectivity index (χ1n) is 12.1. The molecule has 0 radical (unpaired) electrons. The Morgan fingerprint density at radius 1 is 1.14 bits per heavy atom. The number of ether oxygens (including phenoxy) is 1. The second kappa shape index (κ2) is 12.5. The lowest BCUT2D eigenvalue weighted by atomic mass is 10.0. The first-order chi connectivity index (χ1) is 17.1. The summed E-state index contributed by atoms with van der Waals surface area (Å²) < 4.78 is 5.98. The highest BCUT2D eigenvalue weighted by molar-refractivity contribution is 6.32. The summed E-state index contributed by atoms with van der Waals surface area (Å²) in [7, 11) is 0. The number of nitrogens with one attached hydrogen (secondary N) is 1. The fraction of sp³-hybridized carbons (Fsp3) is 0.321. The molecule has 6 nitrogen and oxygen atoms in total. The van der Waals surface area contributed by atoms with Crippen molar-refractivity contribution in [1.29, 1.82) is 0 Å². The number of nitrogens with zero attached hydrogens (tertiary/aromatic N) is 3.